The van der Waals surface area contributed by atoms with E-state index < -0.39 is 0 Å². The second kappa shape index (κ2) is 8.59. The average Bonchev–Trinajstić information content (AvgIpc) is 2.43. The lowest BCUT2D eigenvalue weighted by atomic mass is 10.1. The first-order valence-electron chi connectivity index (χ1n) is 7.28. The van der Waals surface area contributed by atoms with E-state index in [0.717, 1.165) is 31.6 Å². The van der Waals surface area contributed by atoms with Crippen LogP contribution in [0.1, 0.15) is 18.9 Å². The number of nitrogens with one attached hydrogen (secondary N) is 1. The summed E-state index contributed by atoms with van der Waals surface area (Å²) in [7, 11) is 6.10. The molecule has 0 spiro atoms. The van der Waals surface area contributed by atoms with Crippen LogP contribution in [-0.2, 0) is 6.54 Å². The molecule has 1 aromatic rings. The van der Waals surface area contributed by atoms with E-state index in [1.54, 1.807) is 6.07 Å². The molecule has 0 saturated heterocycles. The molecule has 6 nitrogen and oxygen atoms in total. The molecule has 0 fully saturated rings. The van der Waals surface area contributed by atoms with E-state index in [1.165, 1.54) is 0 Å². The van der Waals surface area contributed by atoms with Crippen LogP contribution in [-0.4, -0.2) is 55.5 Å². The fraction of sp³-hybridized carbons (Fsp3) is 0.600. The van der Waals surface area contributed by atoms with E-state index in [4.69, 9.17) is 0 Å². The Morgan fingerprint density at radius 1 is 1.24 bits per heavy atom. The second-order valence-corrected chi connectivity index (χ2v) is 5.58. The Bertz CT molecular complexity index is 463. The summed E-state index contributed by atoms with van der Waals surface area (Å²) in [5.41, 5.74) is 1.72. The summed E-state index contributed by atoms with van der Waals surface area (Å²) >= 11 is 0. The van der Waals surface area contributed by atoms with Crippen molar-refractivity contribution in [2.75, 3.05) is 46.1 Å². The molecule has 118 valence electrons. The van der Waals surface area contributed by atoms with Crippen LogP contribution in [0.25, 0.3) is 0 Å². The molecule has 0 atom stereocenters. The van der Waals surface area contributed by atoms with Gasteiger partial charge in [0.15, 0.2) is 0 Å². The highest BCUT2D eigenvalue weighted by atomic mass is 16.6. The van der Waals surface area contributed by atoms with E-state index in [9.17, 15) is 10.1 Å². The van der Waals surface area contributed by atoms with Crippen molar-refractivity contribution < 1.29 is 4.92 Å². The molecular formula is C15H26N4O2. The molecule has 1 aromatic carbocycles. The lowest BCUT2D eigenvalue weighted by Gasteiger charge is -2.19. The molecular weight excluding hydrogens is 268 g/mol. The van der Waals surface area contributed by atoms with Crippen molar-refractivity contribution in [3.05, 3.63) is 33.9 Å². The molecule has 0 saturated carbocycles. The van der Waals surface area contributed by atoms with Gasteiger partial charge < -0.3 is 15.1 Å². The largest absolute Gasteiger partial charge is 0.380 e. The Hall–Kier alpha value is -1.66. The summed E-state index contributed by atoms with van der Waals surface area (Å²) < 4.78 is 0. The van der Waals surface area contributed by atoms with E-state index in [-0.39, 0.29) is 10.6 Å². The third kappa shape index (κ3) is 6.10. The van der Waals surface area contributed by atoms with Crippen molar-refractivity contribution in [1.82, 2.24) is 9.80 Å². The van der Waals surface area contributed by atoms with Crippen LogP contribution in [0, 0.1) is 10.1 Å². The van der Waals surface area contributed by atoms with Crippen molar-refractivity contribution in [3.8, 4) is 0 Å². The summed E-state index contributed by atoms with van der Waals surface area (Å²) in [6.07, 6.45) is 0.937. The van der Waals surface area contributed by atoms with Gasteiger partial charge in [-0.1, -0.05) is 13.0 Å². The topological polar surface area (TPSA) is 61.6 Å². The number of hydrogen-bond donors (Lipinski definition) is 1. The summed E-state index contributed by atoms with van der Waals surface area (Å²) in [6.45, 7) is 5.38. The molecule has 0 aromatic heterocycles. The molecule has 0 radical (unpaired) electrons. The molecule has 0 amide bonds. The van der Waals surface area contributed by atoms with Crippen molar-refractivity contribution in [1.29, 1.82) is 0 Å². The van der Waals surface area contributed by atoms with Crippen LogP contribution in [0.5, 0.6) is 0 Å². The zero-order valence-electron chi connectivity index (χ0n) is 13.4. The van der Waals surface area contributed by atoms with E-state index in [2.05, 4.69) is 15.1 Å². The van der Waals surface area contributed by atoms with Crippen LogP contribution in [0.15, 0.2) is 18.2 Å². The maximum absolute atomic E-state index is 11.2. The van der Waals surface area contributed by atoms with Gasteiger partial charge in [0.1, 0.15) is 5.69 Å². The van der Waals surface area contributed by atoms with Crippen molar-refractivity contribution in [2.24, 2.45) is 0 Å². The number of rotatable bonds is 9. The van der Waals surface area contributed by atoms with E-state index >= 15 is 0 Å². The van der Waals surface area contributed by atoms with Crippen molar-refractivity contribution in [3.63, 3.8) is 0 Å². The number of benzene rings is 1. The van der Waals surface area contributed by atoms with Gasteiger partial charge in [-0.05, 0) is 39.2 Å². The normalized spacial score (nSPS) is 11.1. The number of likely N-dealkylation sites (N-methyl/N-ethyl adjacent to an activating group) is 2. The zero-order chi connectivity index (χ0) is 15.8. The predicted molar refractivity (Wildman–Crippen MR) is 86.8 cm³/mol. The average molecular weight is 294 g/mol. The quantitative estimate of drug-likeness (QED) is 0.560. The second-order valence-electron chi connectivity index (χ2n) is 5.58. The highest BCUT2D eigenvalue weighted by molar-refractivity contribution is 5.62. The minimum atomic E-state index is -0.318. The molecule has 0 unspecified atom stereocenters. The lowest BCUT2D eigenvalue weighted by molar-refractivity contribution is -0.384. The highest BCUT2D eigenvalue weighted by Crippen LogP contribution is 2.26. The predicted octanol–water partition coefficient (Wildman–Crippen LogP) is 2.41. The Morgan fingerprint density at radius 2 is 1.95 bits per heavy atom. The molecule has 0 bridgehead atoms. The van der Waals surface area contributed by atoms with Crippen LogP contribution < -0.4 is 5.32 Å². The summed E-state index contributed by atoms with van der Waals surface area (Å²) in [4.78, 5) is 15.2. The summed E-state index contributed by atoms with van der Waals surface area (Å²) in [5.74, 6) is 0. The summed E-state index contributed by atoms with van der Waals surface area (Å²) in [6, 6.07) is 5.43. The van der Waals surface area contributed by atoms with Gasteiger partial charge in [0.05, 0.1) is 4.92 Å². The molecule has 1 rings (SSSR count). The van der Waals surface area contributed by atoms with Gasteiger partial charge in [0, 0.05) is 32.2 Å². The fourth-order valence-electron chi connectivity index (χ4n) is 2.00. The number of anilines is 1. The van der Waals surface area contributed by atoms with Crippen LogP contribution in [0.4, 0.5) is 11.4 Å². The van der Waals surface area contributed by atoms with Crippen LogP contribution in [0.3, 0.4) is 0 Å². The Labute approximate surface area is 126 Å². The highest BCUT2D eigenvalue weighted by Gasteiger charge is 2.14. The molecule has 0 aliphatic heterocycles. The lowest BCUT2D eigenvalue weighted by Crippen LogP contribution is -2.28. The smallest absolute Gasteiger partial charge is 0.292 e. The monoisotopic (exact) mass is 294 g/mol. The third-order valence-corrected chi connectivity index (χ3v) is 3.21. The van der Waals surface area contributed by atoms with E-state index in [1.807, 2.05) is 40.2 Å². The van der Waals surface area contributed by atoms with Gasteiger partial charge in [-0.15, -0.1) is 0 Å². The van der Waals surface area contributed by atoms with Crippen molar-refractivity contribution in [2.45, 2.75) is 19.9 Å². The minimum absolute atomic E-state index is 0.155. The number of hydrogen-bond acceptors (Lipinski definition) is 5. The number of nitro benzene ring substituents is 1. The number of nitrogens with zero attached hydrogens (tertiary/aromatic N) is 3. The van der Waals surface area contributed by atoms with Gasteiger partial charge in [-0.3, -0.25) is 10.1 Å². The molecule has 0 aliphatic carbocycles. The maximum Gasteiger partial charge on any atom is 0.292 e. The molecule has 0 heterocycles. The Balaban J connectivity index is 2.75. The van der Waals surface area contributed by atoms with Gasteiger partial charge in [-0.2, -0.15) is 0 Å². The zero-order valence-corrected chi connectivity index (χ0v) is 13.4. The van der Waals surface area contributed by atoms with E-state index in [0.29, 0.717) is 12.2 Å². The number of nitro groups is 1. The van der Waals surface area contributed by atoms with Crippen molar-refractivity contribution >= 4 is 11.4 Å². The Morgan fingerprint density at radius 3 is 2.52 bits per heavy atom. The van der Waals surface area contributed by atoms with Gasteiger partial charge >= 0.3 is 0 Å². The first kappa shape index (κ1) is 17.4. The standard InChI is InChI=1S/C15H26N4O2/c1-5-8-16-14-7-6-13(11-15(14)19(20)21)12-18(4)10-9-17(2)3/h6-7,11,16H,5,8-10,12H2,1-4H3. The Kier molecular flexibility index (Phi) is 7.11. The fourth-order valence-corrected chi connectivity index (χ4v) is 2.00. The molecule has 6 heteroatoms. The SMILES string of the molecule is CCCNc1ccc(CN(C)CCN(C)C)cc1[N+](=O)[O-]. The molecule has 1 N–H and O–H groups in total. The first-order chi connectivity index (χ1) is 9.93. The molecule has 0 aliphatic rings. The van der Waals surface area contributed by atoms with Crippen LogP contribution in [0.2, 0.25) is 0 Å². The summed E-state index contributed by atoms with van der Waals surface area (Å²) in [5, 5.41) is 14.3. The molecule has 21 heavy (non-hydrogen) atoms. The van der Waals surface area contributed by atoms with Gasteiger partial charge in [-0.25, -0.2) is 0 Å². The third-order valence-electron chi connectivity index (χ3n) is 3.21. The first-order valence-corrected chi connectivity index (χ1v) is 7.28. The van der Waals surface area contributed by atoms with Gasteiger partial charge in [0.2, 0.25) is 0 Å². The minimum Gasteiger partial charge on any atom is -0.380 e. The maximum atomic E-state index is 11.2. The van der Waals surface area contributed by atoms with Gasteiger partial charge in [0.25, 0.3) is 5.69 Å². The van der Waals surface area contributed by atoms with Crippen LogP contribution >= 0.6 is 0 Å².